The summed E-state index contributed by atoms with van der Waals surface area (Å²) in [5.74, 6) is -2.47. The molecule has 1 aliphatic rings. The molecule has 1 aliphatic heterocycles. The smallest absolute Gasteiger partial charge is 0.339 e. The van der Waals surface area contributed by atoms with Crippen LogP contribution in [0.15, 0.2) is 29.2 Å². The highest BCUT2D eigenvalue weighted by Gasteiger charge is 2.38. The van der Waals surface area contributed by atoms with Gasteiger partial charge in [0.1, 0.15) is 0 Å². The van der Waals surface area contributed by atoms with Crippen molar-refractivity contribution in [3.63, 3.8) is 0 Å². The lowest BCUT2D eigenvalue weighted by Gasteiger charge is -2.35. The van der Waals surface area contributed by atoms with Crippen molar-refractivity contribution in [3.05, 3.63) is 29.8 Å². The molecule has 0 bridgehead atoms. The summed E-state index contributed by atoms with van der Waals surface area (Å²) in [4.78, 5) is 23.1. The second-order valence-corrected chi connectivity index (χ2v) is 7.61. The largest absolute Gasteiger partial charge is 0.481 e. The van der Waals surface area contributed by atoms with Crippen LogP contribution in [0.25, 0.3) is 0 Å². The predicted octanol–water partition coefficient (Wildman–Crippen LogP) is 1.74. The zero-order valence-corrected chi connectivity index (χ0v) is 14.5. The van der Waals surface area contributed by atoms with Crippen LogP contribution in [0.5, 0.6) is 0 Å². The van der Waals surface area contributed by atoms with E-state index in [4.69, 9.17) is 4.74 Å². The Balaban J connectivity index is 2.43. The average Bonchev–Trinajstić information content (AvgIpc) is 2.55. The molecular weight excluding hydrogens is 334 g/mol. The third kappa shape index (κ3) is 3.59. The van der Waals surface area contributed by atoms with Crippen molar-refractivity contribution in [1.82, 2.24) is 4.31 Å². The molecule has 24 heavy (non-hydrogen) atoms. The number of carboxylic acids is 1. The Labute approximate surface area is 141 Å². The highest BCUT2D eigenvalue weighted by atomic mass is 32.2. The Morgan fingerprint density at radius 2 is 1.96 bits per heavy atom. The van der Waals surface area contributed by atoms with Crippen LogP contribution in [-0.2, 0) is 19.6 Å². The van der Waals surface area contributed by atoms with Crippen molar-refractivity contribution in [2.45, 2.75) is 37.6 Å². The van der Waals surface area contributed by atoms with Gasteiger partial charge in [-0.25, -0.2) is 13.2 Å². The molecule has 1 heterocycles. The molecular formula is C16H21NO6S. The summed E-state index contributed by atoms with van der Waals surface area (Å²) in [5.41, 5.74) is -0.0380. The summed E-state index contributed by atoms with van der Waals surface area (Å²) in [5, 5.41) is 9.20. The summed E-state index contributed by atoms with van der Waals surface area (Å²) >= 11 is 0. The number of benzene rings is 1. The third-order valence-electron chi connectivity index (χ3n) is 4.14. The van der Waals surface area contributed by atoms with Crippen LogP contribution >= 0.6 is 0 Å². The van der Waals surface area contributed by atoms with Crippen LogP contribution in [-0.4, -0.2) is 49.0 Å². The van der Waals surface area contributed by atoms with E-state index in [1.807, 2.05) is 0 Å². The average molecular weight is 355 g/mol. The Kier molecular flexibility index (Phi) is 5.61. The molecule has 1 N–H and O–H groups in total. The normalized spacial score (nSPS) is 22.1. The summed E-state index contributed by atoms with van der Waals surface area (Å²) in [6.45, 7) is 3.41. The molecule has 1 aromatic rings. The lowest BCUT2D eigenvalue weighted by Crippen LogP contribution is -2.47. The second-order valence-electron chi connectivity index (χ2n) is 5.75. The Bertz CT molecular complexity index is 730. The molecule has 7 nitrogen and oxygen atoms in total. The second kappa shape index (κ2) is 7.31. The number of carbonyl (C=O) groups excluding carboxylic acids is 1. The molecule has 0 aliphatic carbocycles. The number of sulfonamides is 1. The number of carbonyl (C=O) groups is 2. The van der Waals surface area contributed by atoms with Gasteiger partial charge in [0.25, 0.3) is 0 Å². The minimum Gasteiger partial charge on any atom is -0.481 e. The van der Waals surface area contributed by atoms with Crippen molar-refractivity contribution in [1.29, 1.82) is 0 Å². The first-order valence-corrected chi connectivity index (χ1v) is 9.23. The summed E-state index contributed by atoms with van der Waals surface area (Å²) in [7, 11) is -4.00. The summed E-state index contributed by atoms with van der Waals surface area (Å²) in [6.07, 6.45) is 0.889. The van der Waals surface area contributed by atoms with Gasteiger partial charge in [0.15, 0.2) is 0 Å². The first-order valence-electron chi connectivity index (χ1n) is 7.79. The molecule has 1 saturated heterocycles. The zero-order valence-electron chi connectivity index (χ0n) is 13.6. The molecule has 0 saturated carbocycles. The standard InChI is InChI=1S/C16H21NO6S/c1-3-23-16(20)13-6-4-5-7-14(13)24(21,22)17-10-12(15(18)19)9-8-11(17)2/h4-7,11-12H,3,8-10H2,1-2H3,(H,18,19). The van der Waals surface area contributed by atoms with E-state index >= 15 is 0 Å². The Morgan fingerprint density at radius 1 is 1.29 bits per heavy atom. The number of ether oxygens (including phenoxy) is 1. The fourth-order valence-corrected chi connectivity index (χ4v) is 4.69. The summed E-state index contributed by atoms with van der Waals surface area (Å²) in [6, 6.07) is 5.50. The fraction of sp³-hybridized carbons (Fsp3) is 0.500. The maximum atomic E-state index is 13.0. The highest BCUT2D eigenvalue weighted by Crippen LogP contribution is 2.30. The monoisotopic (exact) mass is 355 g/mol. The molecule has 0 radical (unpaired) electrons. The number of esters is 1. The van der Waals surface area contributed by atoms with Crippen LogP contribution in [0.4, 0.5) is 0 Å². The summed E-state index contributed by atoms with van der Waals surface area (Å²) < 4.78 is 32.1. The SMILES string of the molecule is CCOC(=O)c1ccccc1S(=O)(=O)N1CC(C(=O)O)CCC1C. The lowest BCUT2D eigenvalue weighted by molar-refractivity contribution is -0.143. The number of carboxylic acid groups (broad SMARTS) is 1. The number of hydrogen-bond acceptors (Lipinski definition) is 5. The van der Waals surface area contributed by atoms with Gasteiger partial charge in [-0.05, 0) is 38.8 Å². The van der Waals surface area contributed by atoms with Crippen LogP contribution in [0.3, 0.4) is 0 Å². The van der Waals surface area contributed by atoms with Crippen molar-refractivity contribution in [2.75, 3.05) is 13.2 Å². The first-order chi connectivity index (χ1) is 11.3. The van der Waals surface area contributed by atoms with E-state index in [9.17, 15) is 23.1 Å². The number of nitrogens with zero attached hydrogens (tertiary/aromatic N) is 1. The van der Waals surface area contributed by atoms with Gasteiger partial charge in [0.2, 0.25) is 10.0 Å². The van der Waals surface area contributed by atoms with Gasteiger partial charge < -0.3 is 9.84 Å². The number of rotatable bonds is 5. The van der Waals surface area contributed by atoms with Gasteiger partial charge in [0, 0.05) is 12.6 Å². The molecule has 2 atom stereocenters. The van der Waals surface area contributed by atoms with Crippen LogP contribution in [0, 0.1) is 5.92 Å². The minimum absolute atomic E-state index is 0.0380. The van der Waals surface area contributed by atoms with Crippen LogP contribution in [0.1, 0.15) is 37.0 Å². The van der Waals surface area contributed by atoms with Crippen molar-refractivity contribution in [3.8, 4) is 0 Å². The number of aliphatic carboxylic acids is 1. The molecule has 1 aromatic carbocycles. The van der Waals surface area contributed by atoms with E-state index in [1.54, 1.807) is 19.9 Å². The van der Waals surface area contributed by atoms with E-state index in [0.29, 0.717) is 12.8 Å². The molecule has 1 fully saturated rings. The molecule has 132 valence electrons. The van der Waals surface area contributed by atoms with Gasteiger partial charge in [0.05, 0.1) is 23.0 Å². The van der Waals surface area contributed by atoms with Gasteiger partial charge >= 0.3 is 11.9 Å². The first kappa shape index (κ1) is 18.4. The third-order valence-corrected chi connectivity index (χ3v) is 6.18. The van der Waals surface area contributed by atoms with Crippen molar-refractivity contribution < 1.29 is 27.9 Å². The zero-order chi connectivity index (χ0) is 17.9. The van der Waals surface area contributed by atoms with E-state index in [2.05, 4.69) is 0 Å². The van der Waals surface area contributed by atoms with E-state index < -0.39 is 27.9 Å². The predicted molar refractivity (Wildman–Crippen MR) is 86.1 cm³/mol. The van der Waals surface area contributed by atoms with Gasteiger partial charge in [-0.1, -0.05) is 12.1 Å². The topological polar surface area (TPSA) is 101 Å². The van der Waals surface area contributed by atoms with Gasteiger partial charge in [-0.3, -0.25) is 4.79 Å². The van der Waals surface area contributed by atoms with Crippen LogP contribution in [0.2, 0.25) is 0 Å². The van der Waals surface area contributed by atoms with Crippen molar-refractivity contribution in [2.24, 2.45) is 5.92 Å². The van der Waals surface area contributed by atoms with Gasteiger partial charge in [-0.15, -0.1) is 0 Å². The van der Waals surface area contributed by atoms with Gasteiger partial charge in [-0.2, -0.15) is 4.31 Å². The fourth-order valence-electron chi connectivity index (χ4n) is 2.81. The number of hydrogen-bond donors (Lipinski definition) is 1. The molecule has 0 aromatic heterocycles. The quantitative estimate of drug-likeness (QED) is 0.807. The molecule has 2 rings (SSSR count). The molecule has 8 heteroatoms. The van der Waals surface area contributed by atoms with Crippen molar-refractivity contribution >= 4 is 22.0 Å². The molecule has 0 spiro atoms. The van der Waals surface area contributed by atoms with E-state index in [-0.39, 0.29) is 29.7 Å². The molecule has 0 amide bonds. The Hall–Kier alpha value is -1.93. The molecule has 2 unspecified atom stereocenters. The lowest BCUT2D eigenvalue weighted by atomic mass is 9.96. The van der Waals surface area contributed by atoms with Crippen LogP contribution < -0.4 is 0 Å². The Morgan fingerprint density at radius 3 is 2.58 bits per heavy atom. The maximum absolute atomic E-state index is 13.0. The van der Waals surface area contributed by atoms with E-state index in [0.717, 1.165) is 0 Å². The highest BCUT2D eigenvalue weighted by molar-refractivity contribution is 7.89. The maximum Gasteiger partial charge on any atom is 0.339 e. The van der Waals surface area contributed by atoms with E-state index in [1.165, 1.54) is 22.5 Å². The number of piperidine rings is 1. The minimum atomic E-state index is -4.00.